The molecule has 0 heterocycles. The van der Waals surface area contributed by atoms with E-state index in [9.17, 15) is 9.59 Å². The summed E-state index contributed by atoms with van der Waals surface area (Å²) in [6.45, 7) is 1.69. The van der Waals surface area contributed by atoms with Gasteiger partial charge in [-0.15, -0.1) is 0 Å². The summed E-state index contributed by atoms with van der Waals surface area (Å²) in [7, 11) is 1.32. The van der Waals surface area contributed by atoms with Crippen LogP contribution in [0.25, 0.3) is 0 Å². The molecule has 0 aliphatic rings. The lowest BCUT2D eigenvalue weighted by Gasteiger charge is -2.21. The molecule has 0 bridgehead atoms. The summed E-state index contributed by atoms with van der Waals surface area (Å²) in [5, 5.41) is 0.479. The predicted octanol–water partition coefficient (Wildman–Crippen LogP) is 2.26. The number of methoxy groups -OCH3 is 1. The Labute approximate surface area is 105 Å². The number of amides is 1. The van der Waals surface area contributed by atoms with E-state index in [4.69, 9.17) is 11.6 Å². The van der Waals surface area contributed by atoms with E-state index < -0.39 is 0 Å². The van der Waals surface area contributed by atoms with Gasteiger partial charge in [0.2, 0.25) is 5.91 Å². The van der Waals surface area contributed by atoms with E-state index in [1.54, 1.807) is 24.3 Å². The molecule has 0 fully saturated rings. The highest BCUT2D eigenvalue weighted by atomic mass is 35.5. The molecule has 0 aliphatic carbocycles. The minimum atomic E-state index is -0.358. The number of nitrogens with zero attached hydrogens (tertiary/aromatic N) is 1. The zero-order valence-electron chi connectivity index (χ0n) is 9.77. The molecule has 92 valence electrons. The fourth-order valence-corrected chi connectivity index (χ4v) is 1.66. The van der Waals surface area contributed by atoms with E-state index in [2.05, 4.69) is 4.74 Å². The second kappa shape index (κ2) is 6.25. The lowest BCUT2D eigenvalue weighted by molar-refractivity contribution is -0.140. The van der Waals surface area contributed by atoms with Crippen molar-refractivity contribution in [3.8, 4) is 0 Å². The maximum atomic E-state index is 11.5. The van der Waals surface area contributed by atoms with Crippen molar-refractivity contribution in [2.75, 3.05) is 18.6 Å². The van der Waals surface area contributed by atoms with Gasteiger partial charge < -0.3 is 9.64 Å². The van der Waals surface area contributed by atoms with E-state index in [1.165, 1.54) is 18.9 Å². The summed E-state index contributed by atoms with van der Waals surface area (Å²) in [5.41, 5.74) is 0.602. The lowest BCUT2D eigenvalue weighted by Crippen LogP contribution is -2.31. The Balaban J connectivity index is 2.83. The van der Waals surface area contributed by atoms with Crippen LogP contribution >= 0.6 is 11.6 Å². The Kier molecular flexibility index (Phi) is 4.97. The van der Waals surface area contributed by atoms with Crippen LogP contribution in [-0.4, -0.2) is 25.5 Å². The summed E-state index contributed by atoms with van der Waals surface area (Å²) in [6.07, 6.45) is 0.140. The van der Waals surface area contributed by atoms with E-state index in [-0.39, 0.29) is 24.8 Å². The number of para-hydroxylation sites is 1. The molecule has 0 aliphatic heterocycles. The molecule has 1 aromatic carbocycles. The zero-order valence-corrected chi connectivity index (χ0v) is 10.5. The summed E-state index contributed by atoms with van der Waals surface area (Å²) in [6, 6.07) is 7.01. The maximum absolute atomic E-state index is 11.5. The SMILES string of the molecule is COC(=O)CCN(C(C)=O)c1ccccc1Cl. The summed E-state index contributed by atoms with van der Waals surface area (Å²) in [5.74, 6) is -0.523. The number of benzene rings is 1. The molecule has 0 aromatic heterocycles. The topological polar surface area (TPSA) is 46.6 Å². The standard InChI is InChI=1S/C12H14ClNO3/c1-9(15)14(8-7-12(16)17-2)11-6-4-3-5-10(11)13/h3-6H,7-8H2,1-2H3. The number of ether oxygens (including phenoxy) is 1. The third-order valence-corrected chi connectivity index (χ3v) is 2.61. The van der Waals surface area contributed by atoms with Crippen molar-refractivity contribution in [2.24, 2.45) is 0 Å². The first-order chi connectivity index (χ1) is 8.06. The Hall–Kier alpha value is -1.55. The van der Waals surface area contributed by atoms with Gasteiger partial charge in [0, 0.05) is 13.5 Å². The first kappa shape index (κ1) is 13.5. The smallest absolute Gasteiger partial charge is 0.307 e. The van der Waals surface area contributed by atoms with Crippen LogP contribution in [0.3, 0.4) is 0 Å². The van der Waals surface area contributed by atoms with Gasteiger partial charge in [-0.05, 0) is 12.1 Å². The molecule has 0 unspecified atom stereocenters. The molecule has 0 saturated heterocycles. The third-order valence-electron chi connectivity index (χ3n) is 2.29. The van der Waals surface area contributed by atoms with Gasteiger partial charge in [-0.25, -0.2) is 0 Å². The van der Waals surface area contributed by atoms with Crippen molar-refractivity contribution in [2.45, 2.75) is 13.3 Å². The molecule has 0 radical (unpaired) electrons. The molecule has 0 N–H and O–H groups in total. The fourth-order valence-electron chi connectivity index (χ4n) is 1.42. The van der Waals surface area contributed by atoms with E-state index in [1.807, 2.05) is 0 Å². The monoisotopic (exact) mass is 255 g/mol. The molecule has 1 aromatic rings. The molecule has 4 nitrogen and oxygen atoms in total. The third kappa shape index (κ3) is 3.75. The van der Waals surface area contributed by atoms with Crippen LogP contribution < -0.4 is 4.90 Å². The van der Waals surface area contributed by atoms with Gasteiger partial charge in [-0.2, -0.15) is 0 Å². The van der Waals surface area contributed by atoms with Crippen molar-refractivity contribution in [1.29, 1.82) is 0 Å². The van der Waals surface area contributed by atoms with Gasteiger partial charge in [0.05, 0.1) is 24.2 Å². The average molecular weight is 256 g/mol. The van der Waals surface area contributed by atoms with Crippen molar-refractivity contribution in [3.63, 3.8) is 0 Å². The summed E-state index contributed by atoms with van der Waals surface area (Å²) < 4.78 is 4.54. The van der Waals surface area contributed by atoms with Crippen molar-refractivity contribution < 1.29 is 14.3 Å². The number of carbonyl (C=O) groups is 2. The zero-order chi connectivity index (χ0) is 12.8. The Bertz CT molecular complexity index is 420. The van der Waals surface area contributed by atoms with Gasteiger partial charge in [-0.3, -0.25) is 9.59 Å². The molecule has 1 rings (SSSR count). The van der Waals surface area contributed by atoms with Gasteiger partial charge in [0.25, 0.3) is 0 Å². The fraction of sp³-hybridized carbons (Fsp3) is 0.333. The normalized spacial score (nSPS) is 9.82. The molecular formula is C12H14ClNO3. The van der Waals surface area contributed by atoms with Crippen LogP contribution in [0.1, 0.15) is 13.3 Å². The van der Waals surface area contributed by atoms with Gasteiger partial charge >= 0.3 is 5.97 Å². The van der Waals surface area contributed by atoms with E-state index >= 15 is 0 Å². The number of esters is 1. The molecular weight excluding hydrogens is 242 g/mol. The molecule has 0 atom stereocenters. The highest BCUT2D eigenvalue weighted by Gasteiger charge is 2.15. The maximum Gasteiger partial charge on any atom is 0.307 e. The van der Waals surface area contributed by atoms with Crippen LogP contribution in [0.4, 0.5) is 5.69 Å². The van der Waals surface area contributed by atoms with Crippen LogP contribution in [0.5, 0.6) is 0 Å². The van der Waals surface area contributed by atoms with E-state index in [0.29, 0.717) is 10.7 Å². The number of anilines is 1. The number of hydrogen-bond acceptors (Lipinski definition) is 3. The minimum Gasteiger partial charge on any atom is -0.469 e. The largest absolute Gasteiger partial charge is 0.469 e. The van der Waals surface area contributed by atoms with Gasteiger partial charge in [-0.1, -0.05) is 23.7 Å². The predicted molar refractivity (Wildman–Crippen MR) is 66.1 cm³/mol. The Morgan fingerprint density at radius 2 is 2.00 bits per heavy atom. The van der Waals surface area contributed by atoms with Crippen molar-refractivity contribution >= 4 is 29.2 Å². The Morgan fingerprint density at radius 3 is 2.53 bits per heavy atom. The highest BCUT2D eigenvalue weighted by Crippen LogP contribution is 2.25. The minimum absolute atomic E-state index is 0.140. The van der Waals surface area contributed by atoms with E-state index in [0.717, 1.165) is 0 Å². The van der Waals surface area contributed by atoms with Crippen LogP contribution in [0, 0.1) is 0 Å². The highest BCUT2D eigenvalue weighted by molar-refractivity contribution is 6.33. The van der Waals surface area contributed by atoms with Crippen molar-refractivity contribution in [1.82, 2.24) is 0 Å². The number of carbonyl (C=O) groups excluding carboxylic acids is 2. The quantitative estimate of drug-likeness (QED) is 0.776. The lowest BCUT2D eigenvalue weighted by atomic mass is 10.2. The number of hydrogen-bond donors (Lipinski definition) is 0. The molecule has 0 spiro atoms. The molecule has 5 heteroatoms. The number of rotatable bonds is 4. The van der Waals surface area contributed by atoms with Crippen molar-refractivity contribution in [3.05, 3.63) is 29.3 Å². The second-order valence-corrected chi connectivity index (χ2v) is 3.86. The second-order valence-electron chi connectivity index (χ2n) is 3.45. The first-order valence-electron chi connectivity index (χ1n) is 5.15. The summed E-state index contributed by atoms with van der Waals surface area (Å²) >= 11 is 6.00. The Morgan fingerprint density at radius 1 is 1.35 bits per heavy atom. The first-order valence-corrected chi connectivity index (χ1v) is 5.53. The molecule has 0 saturated carbocycles. The average Bonchev–Trinajstić information content (AvgIpc) is 2.30. The number of halogens is 1. The van der Waals surface area contributed by atoms with Gasteiger partial charge in [0.15, 0.2) is 0 Å². The van der Waals surface area contributed by atoms with Gasteiger partial charge in [0.1, 0.15) is 0 Å². The van der Waals surface area contributed by atoms with Crippen LogP contribution in [0.2, 0.25) is 5.02 Å². The summed E-state index contributed by atoms with van der Waals surface area (Å²) in [4.78, 5) is 24.0. The molecule has 17 heavy (non-hydrogen) atoms. The molecule has 1 amide bonds. The van der Waals surface area contributed by atoms with Crippen LogP contribution in [0.15, 0.2) is 24.3 Å². The van der Waals surface area contributed by atoms with Crippen LogP contribution in [-0.2, 0) is 14.3 Å².